The Kier molecular flexibility index (Phi) is 6.40. The van der Waals surface area contributed by atoms with Crippen LogP contribution in [0.5, 0.6) is 0 Å². The van der Waals surface area contributed by atoms with Gasteiger partial charge in [-0.1, -0.05) is 30.0 Å². The highest BCUT2D eigenvalue weighted by Gasteiger charge is 2.18. The van der Waals surface area contributed by atoms with Crippen LogP contribution in [0.25, 0.3) is 0 Å². The number of hydrogen-bond acceptors (Lipinski definition) is 4. The maximum atomic E-state index is 13.4. The molecule has 25 heavy (non-hydrogen) atoms. The number of halogens is 4. The molecule has 0 aromatic heterocycles. The normalized spacial score (nSPS) is 10.6. The summed E-state index contributed by atoms with van der Waals surface area (Å²) in [4.78, 5) is 23.6. The maximum Gasteiger partial charge on any atom is 0.339 e. The van der Waals surface area contributed by atoms with E-state index >= 15 is 0 Å². The molecule has 4 nitrogen and oxygen atoms in total. The molecule has 0 aliphatic heterocycles. The van der Waals surface area contributed by atoms with Gasteiger partial charge in [-0.3, -0.25) is 4.79 Å². The Hall–Kier alpha value is -2.55. The van der Waals surface area contributed by atoms with Crippen molar-refractivity contribution in [3.63, 3.8) is 0 Å². The minimum Gasteiger partial charge on any atom is -0.452 e. The standard InChI is InChI=1S/C16H11F4NO3S/c17-10-5-3-6-11(18)14(10)21-13(22)8-24-15(23)9-4-1-2-7-12(9)25-16(19)20/h1-7,16H,8H2,(H,21,22). The van der Waals surface area contributed by atoms with Crippen LogP contribution in [0.15, 0.2) is 47.4 Å². The van der Waals surface area contributed by atoms with Crippen molar-refractivity contribution < 1.29 is 31.9 Å². The number of carbonyl (C=O) groups excluding carboxylic acids is 2. The predicted octanol–water partition coefficient (Wildman–Crippen LogP) is 4.08. The molecule has 0 aliphatic rings. The summed E-state index contributed by atoms with van der Waals surface area (Å²) in [7, 11) is 0. The Morgan fingerprint density at radius 3 is 2.32 bits per heavy atom. The minimum atomic E-state index is -2.73. The van der Waals surface area contributed by atoms with Gasteiger partial charge in [0.15, 0.2) is 6.61 Å². The molecule has 0 spiro atoms. The number of rotatable bonds is 6. The molecule has 2 aromatic rings. The number of benzene rings is 2. The van der Waals surface area contributed by atoms with Crippen molar-refractivity contribution in [2.24, 2.45) is 0 Å². The van der Waals surface area contributed by atoms with E-state index < -0.39 is 41.6 Å². The summed E-state index contributed by atoms with van der Waals surface area (Å²) in [5.74, 6) is -6.69. The number of hydrogen-bond donors (Lipinski definition) is 1. The first-order valence-electron chi connectivity index (χ1n) is 6.83. The average Bonchev–Trinajstić information content (AvgIpc) is 2.56. The first-order valence-corrected chi connectivity index (χ1v) is 7.71. The fraction of sp³-hybridized carbons (Fsp3) is 0.125. The van der Waals surface area contributed by atoms with E-state index in [2.05, 4.69) is 0 Å². The van der Waals surface area contributed by atoms with Gasteiger partial charge in [0.2, 0.25) is 0 Å². The van der Waals surface area contributed by atoms with Crippen molar-refractivity contribution in [1.82, 2.24) is 0 Å². The second-order valence-corrected chi connectivity index (χ2v) is 5.63. The lowest BCUT2D eigenvalue weighted by atomic mass is 10.2. The zero-order chi connectivity index (χ0) is 18.4. The summed E-state index contributed by atoms with van der Waals surface area (Å²) in [5.41, 5.74) is -0.810. The lowest BCUT2D eigenvalue weighted by Crippen LogP contribution is -2.22. The molecule has 0 radical (unpaired) electrons. The second kappa shape index (κ2) is 8.52. The third-order valence-corrected chi connectivity index (χ3v) is 3.67. The van der Waals surface area contributed by atoms with E-state index in [9.17, 15) is 27.2 Å². The number of nitrogens with one attached hydrogen (secondary N) is 1. The Labute approximate surface area is 144 Å². The minimum absolute atomic E-state index is 0.0111. The number of ether oxygens (including phenoxy) is 1. The molecule has 0 unspecified atom stereocenters. The van der Waals surface area contributed by atoms with Crippen LogP contribution in [-0.2, 0) is 9.53 Å². The third-order valence-electron chi connectivity index (χ3n) is 2.88. The van der Waals surface area contributed by atoms with Crippen LogP contribution in [0.4, 0.5) is 23.2 Å². The highest BCUT2D eigenvalue weighted by molar-refractivity contribution is 7.99. The van der Waals surface area contributed by atoms with E-state index in [0.717, 1.165) is 18.2 Å². The Morgan fingerprint density at radius 2 is 1.68 bits per heavy atom. The molecular weight excluding hydrogens is 362 g/mol. The Morgan fingerprint density at radius 1 is 1.04 bits per heavy atom. The molecule has 9 heteroatoms. The quantitative estimate of drug-likeness (QED) is 0.471. The number of anilines is 1. The molecule has 132 valence electrons. The van der Waals surface area contributed by atoms with Crippen molar-refractivity contribution in [3.05, 3.63) is 59.7 Å². The molecule has 0 fully saturated rings. The van der Waals surface area contributed by atoms with Gasteiger partial charge in [0, 0.05) is 4.90 Å². The number of alkyl halides is 2. The van der Waals surface area contributed by atoms with Crippen LogP contribution in [0.2, 0.25) is 0 Å². The monoisotopic (exact) mass is 373 g/mol. The number of amides is 1. The lowest BCUT2D eigenvalue weighted by molar-refractivity contribution is -0.119. The number of thioether (sulfide) groups is 1. The van der Waals surface area contributed by atoms with Crippen LogP contribution >= 0.6 is 11.8 Å². The van der Waals surface area contributed by atoms with Gasteiger partial charge in [0.1, 0.15) is 17.3 Å². The SMILES string of the molecule is O=C(COC(=O)c1ccccc1SC(F)F)Nc1c(F)cccc1F. The summed E-state index contributed by atoms with van der Waals surface area (Å²) >= 11 is 0.160. The fourth-order valence-corrected chi connectivity index (χ4v) is 2.46. The molecule has 2 aromatic carbocycles. The molecule has 0 heterocycles. The third kappa shape index (κ3) is 5.21. The van der Waals surface area contributed by atoms with E-state index in [4.69, 9.17) is 4.74 Å². The van der Waals surface area contributed by atoms with Crippen LogP contribution < -0.4 is 5.32 Å². The molecule has 0 atom stereocenters. The van der Waals surface area contributed by atoms with E-state index in [0.29, 0.717) is 0 Å². The van der Waals surface area contributed by atoms with Crippen molar-refractivity contribution in [1.29, 1.82) is 0 Å². The van der Waals surface area contributed by atoms with Gasteiger partial charge in [0.25, 0.3) is 11.7 Å². The van der Waals surface area contributed by atoms with E-state index in [1.165, 1.54) is 24.3 Å². The maximum absolute atomic E-state index is 13.4. The summed E-state index contributed by atoms with van der Waals surface area (Å²) in [6.07, 6.45) is 0. The first-order chi connectivity index (χ1) is 11.9. The lowest BCUT2D eigenvalue weighted by Gasteiger charge is -2.10. The van der Waals surface area contributed by atoms with Gasteiger partial charge in [0.05, 0.1) is 5.56 Å². The van der Waals surface area contributed by atoms with Crippen LogP contribution in [0.1, 0.15) is 10.4 Å². The van der Waals surface area contributed by atoms with Crippen molar-refractivity contribution in [2.75, 3.05) is 11.9 Å². The van der Waals surface area contributed by atoms with Crippen LogP contribution in [0.3, 0.4) is 0 Å². The molecule has 0 saturated carbocycles. The topological polar surface area (TPSA) is 55.4 Å². The fourth-order valence-electron chi connectivity index (χ4n) is 1.84. The van der Waals surface area contributed by atoms with Crippen molar-refractivity contribution in [2.45, 2.75) is 10.7 Å². The van der Waals surface area contributed by atoms with Gasteiger partial charge in [-0.05, 0) is 24.3 Å². The van der Waals surface area contributed by atoms with E-state index in [1.54, 1.807) is 0 Å². The summed E-state index contributed by atoms with van der Waals surface area (Å²) in [5, 5.41) is 1.94. The number of carbonyl (C=O) groups is 2. The molecule has 0 aliphatic carbocycles. The predicted molar refractivity (Wildman–Crippen MR) is 83.6 cm³/mol. The van der Waals surface area contributed by atoms with Gasteiger partial charge in [-0.25, -0.2) is 13.6 Å². The number of para-hydroxylation sites is 1. The van der Waals surface area contributed by atoms with E-state index in [-0.39, 0.29) is 22.2 Å². The van der Waals surface area contributed by atoms with Gasteiger partial charge in [-0.15, -0.1) is 0 Å². The summed E-state index contributed by atoms with van der Waals surface area (Å²) in [6.45, 7) is -0.833. The highest BCUT2D eigenvalue weighted by atomic mass is 32.2. The average molecular weight is 373 g/mol. The van der Waals surface area contributed by atoms with Crippen molar-refractivity contribution in [3.8, 4) is 0 Å². The molecular formula is C16H11F4NO3S. The Bertz CT molecular complexity index is 765. The molecule has 0 bridgehead atoms. The van der Waals surface area contributed by atoms with Crippen LogP contribution in [-0.4, -0.2) is 24.2 Å². The smallest absolute Gasteiger partial charge is 0.339 e. The Balaban J connectivity index is 1.99. The first kappa shape index (κ1) is 18.8. The van der Waals surface area contributed by atoms with Gasteiger partial charge < -0.3 is 10.1 Å². The second-order valence-electron chi connectivity index (χ2n) is 4.60. The summed E-state index contributed by atoms with van der Waals surface area (Å²) < 4.78 is 56.5. The highest BCUT2D eigenvalue weighted by Crippen LogP contribution is 2.28. The largest absolute Gasteiger partial charge is 0.452 e. The zero-order valence-corrected chi connectivity index (χ0v) is 13.3. The van der Waals surface area contributed by atoms with Crippen LogP contribution in [0, 0.1) is 11.6 Å². The molecule has 0 saturated heterocycles. The molecule has 2 rings (SSSR count). The zero-order valence-electron chi connectivity index (χ0n) is 12.5. The van der Waals surface area contributed by atoms with Gasteiger partial charge in [-0.2, -0.15) is 8.78 Å². The number of esters is 1. The molecule has 1 amide bonds. The summed E-state index contributed by atoms with van der Waals surface area (Å²) in [6, 6.07) is 8.50. The van der Waals surface area contributed by atoms with Gasteiger partial charge >= 0.3 is 5.97 Å². The van der Waals surface area contributed by atoms with E-state index in [1.807, 2.05) is 5.32 Å². The van der Waals surface area contributed by atoms with Crippen molar-refractivity contribution >= 4 is 29.3 Å². The molecule has 1 N–H and O–H groups in total.